The van der Waals surface area contributed by atoms with E-state index < -0.39 is 42.9 Å². The van der Waals surface area contributed by atoms with Crippen molar-refractivity contribution in [2.45, 2.75) is 161 Å². The highest BCUT2D eigenvalue weighted by molar-refractivity contribution is 4.94. The number of hydrogen-bond donors (Lipinski definition) is 1. The van der Waals surface area contributed by atoms with Crippen LogP contribution in [0.2, 0.25) is 0 Å². The second kappa shape index (κ2) is 26.2. The van der Waals surface area contributed by atoms with Crippen molar-refractivity contribution in [1.29, 1.82) is 0 Å². The van der Waals surface area contributed by atoms with Crippen molar-refractivity contribution in [3.05, 3.63) is 10.4 Å². The molecule has 11 nitrogen and oxygen atoms in total. The van der Waals surface area contributed by atoms with E-state index >= 15 is 0 Å². The molecule has 0 aliphatic carbocycles. The third kappa shape index (κ3) is 15.2. The fraction of sp³-hybridized carbons (Fsp3) is 1.00. The number of rotatable bonds is 28. The monoisotopic (exact) mass is 617 g/mol. The van der Waals surface area contributed by atoms with Crippen molar-refractivity contribution < 1.29 is 38.3 Å². The van der Waals surface area contributed by atoms with E-state index in [0.29, 0.717) is 39.5 Å². The average Bonchev–Trinajstić information content (AvgIpc) is 3.02. The van der Waals surface area contributed by atoms with Crippen LogP contribution in [0.25, 0.3) is 10.4 Å². The lowest BCUT2D eigenvalue weighted by molar-refractivity contribution is -0.323. The SMILES string of the molecule is CCCCOC1[C@@H](OCCCC)C(CO)O[C@@H](OC[C@H](N=[N+]=[N-])[C@H](OCCCC)[C@@H](CC)OCCCC)[C@H]1OCCCC. The van der Waals surface area contributed by atoms with E-state index in [2.05, 4.69) is 44.6 Å². The van der Waals surface area contributed by atoms with Gasteiger partial charge in [-0.25, -0.2) is 0 Å². The summed E-state index contributed by atoms with van der Waals surface area (Å²) in [5.74, 6) is 0. The Morgan fingerprint density at radius 2 is 1.21 bits per heavy atom. The summed E-state index contributed by atoms with van der Waals surface area (Å²) < 4.78 is 44.3. The van der Waals surface area contributed by atoms with Crippen LogP contribution in [0, 0.1) is 0 Å². The van der Waals surface area contributed by atoms with E-state index in [1.807, 2.05) is 6.92 Å². The van der Waals surface area contributed by atoms with Crippen molar-refractivity contribution in [3.63, 3.8) is 0 Å². The molecule has 1 rings (SSSR count). The van der Waals surface area contributed by atoms with Gasteiger partial charge in [-0.1, -0.05) is 78.8 Å². The topological polar surface area (TPSA) is 134 Å². The molecule has 0 spiro atoms. The van der Waals surface area contributed by atoms with Crippen LogP contribution in [0.1, 0.15) is 112 Å². The van der Waals surface area contributed by atoms with Gasteiger partial charge in [-0.3, -0.25) is 0 Å². The van der Waals surface area contributed by atoms with E-state index in [0.717, 1.165) is 64.2 Å². The minimum Gasteiger partial charge on any atom is -0.394 e. The zero-order chi connectivity index (χ0) is 31.7. The number of azide groups is 1. The number of aliphatic hydroxyl groups is 1. The van der Waals surface area contributed by atoms with Gasteiger partial charge in [0, 0.05) is 37.9 Å². The molecule has 2 unspecified atom stereocenters. The van der Waals surface area contributed by atoms with Crippen LogP contribution in [-0.4, -0.2) is 100 Å². The number of ether oxygens (including phenoxy) is 7. The third-order valence-corrected chi connectivity index (χ3v) is 7.61. The van der Waals surface area contributed by atoms with Crippen LogP contribution >= 0.6 is 0 Å². The second-order valence-corrected chi connectivity index (χ2v) is 11.3. The molecule has 0 aromatic rings. The largest absolute Gasteiger partial charge is 0.394 e. The van der Waals surface area contributed by atoms with Gasteiger partial charge in [-0.05, 0) is 44.1 Å². The van der Waals surface area contributed by atoms with Crippen LogP contribution in [0.15, 0.2) is 5.11 Å². The zero-order valence-electron chi connectivity index (χ0n) is 28.0. The Labute approximate surface area is 261 Å². The van der Waals surface area contributed by atoms with Crippen molar-refractivity contribution in [1.82, 2.24) is 0 Å². The van der Waals surface area contributed by atoms with E-state index in [9.17, 15) is 10.6 Å². The Bertz CT molecular complexity index is 700. The lowest BCUT2D eigenvalue weighted by Gasteiger charge is -2.46. The number of aliphatic hydroxyl groups excluding tert-OH is 1. The zero-order valence-corrected chi connectivity index (χ0v) is 28.0. The highest BCUT2D eigenvalue weighted by atomic mass is 16.7. The summed E-state index contributed by atoms with van der Waals surface area (Å²) in [6, 6.07) is -0.654. The van der Waals surface area contributed by atoms with Gasteiger partial charge in [0.1, 0.15) is 24.4 Å². The third-order valence-electron chi connectivity index (χ3n) is 7.61. The molecule has 1 aliphatic heterocycles. The first-order chi connectivity index (χ1) is 21.1. The Balaban J connectivity index is 3.28. The molecule has 0 aromatic carbocycles. The van der Waals surface area contributed by atoms with Crippen molar-refractivity contribution in [3.8, 4) is 0 Å². The van der Waals surface area contributed by atoms with Gasteiger partial charge < -0.3 is 38.3 Å². The summed E-state index contributed by atoms with van der Waals surface area (Å²) in [7, 11) is 0. The summed E-state index contributed by atoms with van der Waals surface area (Å²) >= 11 is 0. The molecule has 1 heterocycles. The molecular weight excluding hydrogens is 554 g/mol. The summed E-state index contributed by atoms with van der Waals surface area (Å²) in [6.07, 6.45) is 6.31. The van der Waals surface area contributed by atoms with E-state index in [1.54, 1.807) is 0 Å². The first kappa shape index (κ1) is 40.0. The van der Waals surface area contributed by atoms with Crippen LogP contribution in [0.4, 0.5) is 0 Å². The van der Waals surface area contributed by atoms with Crippen LogP contribution in [-0.2, 0) is 33.2 Å². The molecule has 0 radical (unpaired) electrons. The first-order valence-electron chi connectivity index (χ1n) is 17.1. The summed E-state index contributed by atoms with van der Waals surface area (Å²) in [6.45, 7) is 15.1. The molecule has 0 saturated carbocycles. The molecule has 8 atom stereocenters. The lowest BCUT2D eigenvalue weighted by atomic mass is 9.98. The average molecular weight is 618 g/mol. The molecule has 1 aliphatic rings. The highest BCUT2D eigenvalue weighted by Gasteiger charge is 2.49. The maximum atomic E-state index is 10.3. The van der Waals surface area contributed by atoms with Crippen molar-refractivity contribution in [2.75, 3.05) is 46.2 Å². The molecule has 1 fully saturated rings. The van der Waals surface area contributed by atoms with Crippen molar-refractivity contribution in [2.24, 2.45) is 5.11 Å². The van der Waals surface area contributed by atoms with Crippen LogP contribution < -0.4 is 0 Å². The van der Waals surface area contributed by atoms with Gasteiger partial charge in [-0.2, -0.15) is 0 Å². The van der Waals surface area contributed by atoms with Gasteiger partial charge in [0.2, 0.25) is 0 Å². The maximum absolute atomic E-state index is 10.3. The molecular formula is C32H63N3O8. The predicted molar refractivity (Wildman–Crippen MR) is 168 cm³/mol. The summed E-state index contributed by atoms with van der Waals surface area (Å²) in [4.78, 5) is 3.14. The van der Waals surface area contributed by atoms with Crippen molar-refractivity contribution >= 4 is 0 Å². The smallest absolute Gasteiger partial charge is 0.186 e. The van der Waals surface area contributed by atoms with E-state index in [-0.39, 0.29) is 19.3 Å². The van der Waals surface area contributed by atoms with Gasteiger partial charge in [0.25, 0.3) is 0 Å². The summed E-state index contributed by atoms with van der Waals surface area (Å²) in [5, 5.41) is 14.5. The molecule has 0 aromatic heterocycles. The molecule has 1 N–H and O–H groups in total. The fourth-order valence-electron chi connectivity index (χ4n) is 4.93. The molecule has 43 heavy (non-hydrogen) atoms. The van der Waals surface area contributed by atoms with Gasteiger partial charge in [-0.15, -0.1) is 0 Å². The number of unbranched alkanes of at least 4 members (excludes halogenated alkanes) is 5. The fourth-order valence-corrected chi connectivity index (χ4v) is 4.93. The standard InChI is InChI=1S/C32H63N3O8/c1-7-13-18-37-26(12-6)28(38-19-14-8-2)25(34-35-33)24-42-32-31(41-22-17-11-5)30(40-21-16-10-4)29(27(23-36)43-32)39-20-15-9-3/h25-32,36H,7-24H2,1-6H3/t25-,26+,27?,28-,29-,30?,31-,32+/m0/s1. The van der Waals surface area contributed by atoms with Crippen LogP contribution in [0.5, 0.6) is 0 Å². The second-order valence-electron chi connectivity index (χ2n) is 11.3. The van der Waals surface area contributed by atoms with E-state index in [1.165, 1.54) is 0 Å². The minimum absolute atomic E-state index is 0.0357. The normalized spacial score (nSPS) is 24.4. The van der Waals surface area contributed by atoms with E-state index in [4.69, 9.17) is 33.2 Å². The summed E-state index contributed by atoms with van der Waals surface area (Å²) in [5.41, 5.74) is 9.52. The van der Waals surface area contributed by atoms with Crippen LogP contribution in [0.3, 0.4) is 0 Å². The Kier molecular flexibility index (Phi) is 24.4. The number of hydrogen-bond acceptors (Lipinski definition) is 9. The first-order valence-corrected chi connectivity index (χ1v) is 17.1. The lowest BCUT2D eigenvalue weighted by Crippen LogP contribution is -2.62. The van der Waals surface area contributed by atoms with Gasteiger partial charge in [0.05, 0.1) is 31.5 Å². The predicted octanol–water partition coefficient (Wildman–Crippen LogP) is 6.74. The number of nitrogens with zero attached hydrogens (tertiary/aromatic N) is 3. The Morgan fingerprint density at radius 3 is 1.72 bits per heavy atom. The molecule has 0 amide bonds. The molecule has 11 heteroatoms. The molecule has 1 saturated heterocycles. The van der Waals surface area contributed by atoms with Gasteiger partial charge in [0.15, 0.2) is 6.29 Å². The molecule has 254 valence electrons. The Morgan fingerprint density at radius 1 is 0.698 bits per heavy atom. The highest BCUT2D eigenvalue weighted by Crippen LogP contribution is 2.30. The molecule has 0 bridgehead atoms. The van der Waals surface area contributed by atoms with Gasteiger partial charge >= 0.3 is 0 Å². The Hall–Kier alpha value is -1.01. The minimum atomic E-state index is -0.861. The quantitative estimate of drug-likeness (QED) is 0.0442. The maximum Gasteiger partial charge on any atom is 0.186 e.